The molecule has 1 aliphatic rings. The van der Waals surface area contributed by atoms with E-state index < -0.39 is 0 Å². The molecule has 1 aliphatic heterocycles. The van der Waals surface area contributed by atoms with Crippen LogP contribution in [0.15, 0.2) is 30.6 Å². The molecule has 154 valence electrons. The van der Waals surface area contributed by atoms with Gasteiger partial charge in [-0.2, -0.15) is 0 Å². The first kappa shape index (κ1) is 20.6. The minimum Gasteiger partial charge on any atom is -0.493 e. The number of nitrogens with zero attached hydrogens (tertiary/aromatic N) is 3. The van der Waals surface area contributed by atoms with E-state index >= 15 is 0 Å². The first-order valence-electron chi connectivity index (χ1n) is 9.65. The van der Waals surface area contributed by atoms with Crippen LogP contribution in [0, 0.1) is 5.92 Å². The van der Waals surface area contributed by atoms with Crippen molar-refractivity contribution in [2.45, 2.75) is 26.7 Å². The Bertz CT molecular complexity index is 879. The van der Waals surface area contributed by atoms with Crippen molar-refractivity contribution in [3.63, 3.8) is 0 Å². The molecule has 1 amide bonds. The lowest BCUT2D eigenvalue weighted by atomic mass is 9.99. The molecule has 0 atom stereocenters. The van der Waals surface area contributed by atoms with Crippen LogP contribution in [-0.4, -0.2) is 48.5 Å². The van der Waals surface area contributed by atoms with E-state index in [1.54, 1.807) is 24.3 Å². The molecule has 2 heterocycles. The number of methoxy groups -OCH3 is 1. The number of benzene rings is 1. The predicted molar refractivity (Wildman–Crippen MR) is 110 cm³/mol. The van der Waals surface area contributed by atoms with E-state index in [0.717, 1.165) is 37.7 Å². The Balaban J connectivity index is 1.59. The molecule has 1 saturated heterocycles. The highest BCUT2D eigenvalue weighted by Crippen LogP contribution is 2.28. The Morgan fingerprint density at radius 2 is 1.93 bits per heavy atom. The van der Waals surface area contributed by atoms with Crippen molar-refractivity contribution in [1.82, 2.24) is 9.97 Å². The quantitative estimate of drug-likeness (QED) is 0.717. The van der Waals surface area contributed by atoms with Crippen LogP contribution in [0.25, 0.3) is 0 Å². The minimum atomic E-state index is -0.348. The number of Topliss-reactive ketones (excluding diaryl/α,β-unsaturated/α-hetero) is 1. The molecule has 2 aromatic rings. The number of carbonyl (C=O) groups is 2. The van der Waals surface area contributed by atoms with Gasteiger partial charge in [0.15, 0.2) is 23.9 Å². The van der Waals surface area contributed by atoms with Crippen LogP contribution in [0.1, 0.15) is 37.0 Å². The molecule has 0 spiro atoms. The molecule has 0 saturated carbocycles. The van der Waals surface area contributed by atoms with Crippen molar-refractivity contribution in [3.8, 4) is 11.5 Å². The van der Waals surface area contributed by atoms with Crippen molar-refractivity contribution < 1.29 is 19.1 Å². The van der Waals surface area contributed by atoms with Crippen LogP contribution in [0.4, 0.5) is 11.6 Å². The number of piperidine rings is 1. The van der Waals surface area contributed by atoms with E-state index in [0.29, 0.717) is 22.9 Å². The van der Waals surface area contributed by atoms with Gasteiger partial charge in [-0.05, 0) is 43.9 Å². The van der Waals surface area contributed by atoms with Crippen LogP contribution >= 0.6 is 0 Å². The number of rotatable bonds is 7. The fourth-order valence-corrected chi connectivity index (χ4v) is 3.15. The maximum absolute atomic E-state index is 12.3. The Morgan fingerprint density at radius 1 is 1.17 bits per heavy atom. The highest BCUT2D eigenvalue weighted by atomic mass is 16.5. The van der Waals surface area contributed by atoms with Gasteiger partial charge >= 0.3 is 0 Å². The molecule has 3 rings (SSSR count). The maximum Gasteiger partial charge on any atom is 0.263 e. The van der Waals surface area contributed by atoms with Crippen molar-refractivity contribution in [1.29, 1.82) is 0 Å². The molecule has 0 radical (unpaired) electrons. The molecule has 1 aromatic carbocycles. The number of amides is 1. The summed E-state index contributed by atoms with van der Waals surface area (Å²) in [6.07, 6.45) is 3.71. The summed E-state index contributed by atoms with van der Waals surface area (Å²) in [6.45, 7) is 5.42. The number of anilines is 2. The second-order valence-electron chi connectivity index (χ2n) is 7.19. The largest absolute Gasteiger partial charge is 0.493 e. The summed E-state index contributed by atoms with van der Waals surface area (Å²) in [4.78, 5) is 34.4. The zero-order chi connectivity index (χ0) is 20.8. The predicted octanol–water partition coefficient (Wildman–Crippen LogP) is 2.94. The molecule has 1 aromatic heterocycles. The van der Waals surface area contributed by atoms with Gasteiger partial charge in [0.1, 0.15) is 18.0 Å². The molecule has 8 nitrogen and oxygen atoms in total. The molecule has 1 fully saturated rings. The average molecular weight is 398 g/mol. The zero-order valence-electron chi connectivity index (χ0n) is 17.0. The van der Waals surface area contributed by atoms with E-state index in [4.69, 9.17) is 9.47 Å². The summed E-state index contributed by atoms with van der Waals surface area (Å²) in [7, 11) is 1.48. The Kier molecular flexibility index (Phi) is 6.64. The molecule has 1 N–H and O–H groups in total. The lowest BCUT2D eigenvalue weighted by molar-refractivity contribution is -0.118. The molecular weight excluding hydrogens is 372 g/mol. The van der Waals surface area contributed by atoms with Crippen molar-refractivity contribution in [3.05, 3.63) is 36.2 Å². The Morgan fingerprint density at radius 3 is 2.62 bits per heavy atom. The van der Waals surface area contributed by atoms with Crippen molar-refractivity contribution in [2.24, 2.45) is 5.92 Å². The van der Waals surface area contributed by atoms with Gasteiger partial charge in [-0.15, -0.1) is 0 Å². The third-order valence-electron chi connectivity index (χ3n) is 4.96. The second-order valence-corrected chi connectivity index (χ2v) is 7.19. The summed E-state index contributed by atoms with van der Waals surface area (Å²) >= 11 is 0. The van der Waals surface area contributed by atoms with E-state index in [9.17, 15) is 9.59 Å². The maximum atomic E-state index is 12.3. The average Bonchev–Trinajstić information content (AvgIpc) is 2.72. The number of hydrogen-bond acceptors (Lipinski definition) is 7. The smallest absolute Gasteiger partial charge is 0.263 e. The first-order valence-corrected chi connectivity index (χ1v) is 9.65. The normalized spacial score (nSPS) is 14.4. The van der Waals surface area contributed by atoms with E-state index in [1.165, 1.54) is 20.4 Å². The van der Waals surface area contributed by atoms with Crippen LogP contribution < -0.4 is 19.7 Å². The van der Waals surface area contributed by atoms with Gasteiger partial charge in [-0.3, -0.25) is 9.59 Å². The molecule has 0 unspecified atom stereocenters. The summed E-state index contributed by atoms with van der Waals surface area (Å²) in [5, 5.41) is 2.73. The number of carbonyl (C=O) groups excluding carboxylic acids is 2. The second kappa shape index (κ2) is 9.36. The fraction of sp³-hybridized carbons (Fsp3) is 0.429. The lowest BCUT2D eigenvalue weighted by Crippen LogP contribution is -2.33. The number of hydrogen-bond donors (Lipinski definition) is 1. The van der Waals surface area contributed by atoms with Gasteiger partial charge in [-0.1, -0.05) is 6.92 Å². The first-order chi connectivity index (χ1) is 14.0. The third-order valence-corrected chi connectivity index (χ3v) is 4.96. The van der Waals surface area contributed by atoms with Crippen LogP contribution in [-0.2, 0) is 4.79 Å². The number of nitrogens with one attached hydrogen (secondary N) is 1. The van der Waals surface area contributed by atoms with Gasteiger partial charge < -0.3 is 19.7 Å². The number of ether oxygens (including phenoxy) is 2. The Labute approximate surface area is 170 Å². The summed E-state index contributed by atoms with van der Waals surface area (Å²) in [5.74, 6) is 2.33. The highest BCUT2D eigenvalue weighted by Gasteiger charge is 2.18. The number of ketones is 1. The molecule has 0 aliphatic carbocycles. The number of aromatic nitrogens is 2. The third kappa shape index (κ3) is 5.43. The summed E-state index contributed by atoms with van der Waals surface area (Å²) < 4.78 is 10.8. The monoisotopic (exact) mass is 398 g/mol. The molecular formula is C21H26N4O4. The van der Waals surface area contributed by atoms with Gasteiger partial charge in [0.25, 0.3) is 5.91 Å². The van der Waals surface area contributed by atoms with Crippen LogP contribution in [0.5, 0.6) is 11.5 Å². The van der Waals surface area contributed by atoms with Crippen molar-refractivity contribution in [2.75, 3.05) is 37.0 Å². The molecule has 29 heavy (non-hydrogen) atoms. The van der Waals surface area contributed by atoms with E-state index in [2.05, 4.69) is 27.1 Å². The van der Waals surface area contributed by atoms with Crippen LogP contribution in [0.3, 0.4) is 0 Å². The molecule has 0 bridgehead atoms. The Hall–Kier alpha value is -3.16. The van der Waals surface area contributed by atoms with Gasteiger partial charge in [0.05, 0.1) is 7.11 Å². The minimum absolute atomic E-state index is 0.0738. The van der Waals surface area contributed by atoms with Crippen molar-refractivity contribution >= 4 is 23.3 Å². The highest BCUT2D eigenvalue weighted by molar-refractivity contribution is 5.95. The standard InChI is InChI=1S/C21H26N4O4/c1-14-6-8-25(9-7-14)20-11-19(22-13-23-20)24-21(27)12-29-17-5-4-16(15(2)26)10-18(17)28-3/h4-5,10-11,13-14H,6-9,12H2,1-3H3,(H,22,23,24,27). The fourth-order valence-electron chi connectivity index (χ4n) is 3.15. The summed E-state index contributed by atoms with van der Waals surface area (Å²) in [5.41, 5.74) is 0.513. The SMILES string of the molecule is COc1cc(C(C)=O)ccc1OCC(=O)Nc1cc(N2CCC(C)CC2)ncn1. The van der Waals surface area contributed by atoms with Crippen LogP contribution in [0.2, 0.25) is 0 Å². The van der Waals surface area contributed by atoms with Gasteiger partial charge in [0.2, 0.25) is 0 Å². The van der Waals surface area contributed by atoms with E-state index in [-0.39, 0.29) is 18.3 Å². The molecule has 8 heteroatoms. The lowest BCUT2D eigenvalue weighted by Gasteiger charge is -2.31. The van der Waals surface area contributed by atoms with Gasteiger partial charge in [-0.25, -0.2) is 9.97 Å². The summed E-state index contributed by atoms with van der Waals surface area (Å²) in [6, 6.07) is 6.61. The van der Waals surface area contributed by atoms with E-state index in [1.807, 2.05) is 0 Å². The zero-order valence-corrected chi connectivity index (χ0v) is 17.0. The topological polar surface area (TPSA) is 93.6 Å². The van der Waals surface area contributed by atoms with Gasteiger partial charge in [0, 0.05) is 24.7 Å².